The summed E-state index contributed by atoms with van der Waals surface area (Å²) in [4.78, 5) is 23.5. The monoisotopic (exact) mass is 432 g/mol. The number of methoxy groups -OCH3 is 2. The van der Waals surface area contributed by atoms with Crippen molar-refractivity contribution >= 4 is 11.8 Å². The van der Waals surface area contributed by atoms with Crippen LogP contribution in [0.2, 0.25) is 0 Å². The van der Waals surface area contributed by atoms with Gasteiger partial charge in [0.05, 0.1) is 25.9 Å². The number of ether oxygens (including phenoxy) is 2. The maximum Gasteiger partial charge on any atom is 0.305 e. The molecule has 6 heteroatoms. The number of esters is 1. The third kappa shape index (κ3) is 8.56. The molecule has 0 saturated heterocycles. The highest BCUT2D eigenvalue weighted by molar-refractivity contribution is 5.84. The fourth-order valence-electron chi connectivity index (χ4n) is 4.26. The molecule has 31 heavy (non-hydrogen) atoms. The molecule has 1 aliphatic rings. The van der Waals surface area contributed by atoms with E-state index in [9.17, 15) is 19.8 Å². The average molecular weight is 433 g/mol. The van der Waals surface area contributed by atoms with Crippen LogP contribution in [0.3, 0.4) is 0 Å². The van der Waals surface area contributed by atoms with Crippen molar-refractivity contribution in [1.29, 1.82) is 0 Å². The van der Waals surface area contributed by atoms with Crippen LogP contribution in [-0.4, -0.2) is 48.4 Å². The molecule has 1 aliphatic carbocycles. The Morgan fingerprint density at radius 1 is 1.19 bits per heavy atom. The van der Waals surface area contributed by atoms with Crippen molar-refractivity contribution in [3.63, 3.8) is 0 Å². The van der Waals surface area contributed by atoms with Gasteiger partial charge in [0.1, 0.15) is 5.78 Å². The first-order valence-electron chi connectivity index (χ1n) is 11.1. The van der Waals surface area contributed by atoms with Crippen LogP contribution in [0.1, 0.15) is 56.1 Å². The minimum absolute atomic E-state index is 0.0958. The van der Waals surface area contributed by atoms with Crippen LogP contribution in [0.5, 0.6) is 0 Å². The zero-order valence-corrected chi connectivity index (χ0v) is 18.7. The molecule has 0 bridgehead atoms. The molecule has 0 spiro atoms. The van der Waals surface area contributed by atoms with E-state index in [-0.39, 0.29) is 30.0 Å². The van der Waals surface area contributed by atoms with Gasteiger partial charge in [-0.05, 0) is 24.0 Å². The molecule has 1 aromatic rings. The molecule has 0 aromatic heterocycles. The highest BCUT2D eigenvalue weighted by Crippen LogP contribution is 2.34. The van der Waals surface area contributed by atoms with E-state index in [0.29, 0.717) is 19.4 Å². The van der Waals surface area contributed by atoms with Crippen LogP contribution < -0.4 is 0 Å². The minimum atomic E-state index is -0.690. The Hall–Kier alpha value is -2.02. The molecule has 1 aromatic carbocycles. The third-order valence-corrected chi connectivity index (χ3v) is 5.91. The van der Waals surface area contributed by atoms with Crippen LogP contribution in [0, 0.1) is 11.8 Å². The summed E-state index contributed by atoms with van der Waals surface area (Å²) in [5, 5.41) is 20.8. The first kappa shape index (κ1) is 25.2. The molecule has 172 valence electrons. The fourth-order valence-corrected chi connectivity index (χ4v) is 4.26. The normalized spacial score (nSPS) is 22.2. The number of unbranched alkanes of at least 4 members (excludes halogenated alkanes) is 3. The van der Waals surface area contributed by atoms with Gasteiger partial charge in [-0.1, -0.05) is 55.7 Å². The lowest BCUT2D eigenvalue weighted by Gasteiger charge is -2.18. The summed E-state index contributed by atoms with van der Waals surface area (Å²) in [6.45, 7) is 0.528. The lowest BCUT2D eigenvalue weighted by Crippen LogP contribution is -2.19. The molecule has 0 heterocycles. The number of aliphatic hydroxyl groups is 2. The topological polar surface area (TPSA) is 93.1 Å². The van der Waals surface area contributed by atoms with Gasteiger partial charge in [0.2, 0.25) is 0 Å². The summed E-state index contributed by atoms with van der Waals surface area (Å²) in [6, 6.07) is 7.90. The molecule has 1 saturated carbocycles. The molecular weight excluding hydrogens is 396 g/mol. The number of carbonyl (C=O) groups is 2. The summed E-state index contributed by atoms with van der Waals surface area (Å²) in [7, 11) is 3.04. The van der Waals surface area contributed by atoms with Crippen molar-refractivity contribution in [3.05, 3.63) is 47.5 Å². The molecule has 6 nitrogen and oxygen atoms in total. The quantitative estimate of drug-likeness (QED) is 0.282. The Kier molecular flexibility index (Phi) is 10.9. The lowest BCUT2D eigenvalue weighted by atomic mass is 9.88. The second-order valence-corrected chi connectivity index (χ2v) is 8.36. The molecule has 0 aliphatic heterocycles. The number of hydrogen-bond donors (Lipinski definition) is 2. The predicted molar refractivity (Wildman–Crippen MR) is 118 cm³/mol. The van der Waals surface area contributed by atoms with E-state index < -0.39 is 12.2 Å². The molecule has 0 amide bonds. The Bertz CT molecular complexity index is 728. The number of carbonyl (C=O) groups excluding carboxylic acids is 2. The highest BCUT2D eigenvalue weighted by atomic mass is 16.5. The zero-order valence-electron chi connectivity index (χ0n) is 18.7. The van der Waals surface area contributed by atoms with E-state index in [1.165, 1.54) is 7.11 Å². The van der Waals surface area contributed by atoms with Gasteiger partial charge in [-0.2, -0.15) is 0 Å². The SMILES string of the molecule is COCc1cccc(C[C@@H](O)/C=C/[C@H]2[C@H](O)CC(=O)[C@@H]2CCCCCCC(=O)OC)c1. The summed E-state index contributed by atoms with van der Waals surface area (Å²) >= 11 is 0. The molecular formula is C25H36O6. The number of ketones is 1. The van der Waals surface area contributed by atoms with Gasteiger partial charge in [-0.15, -0.1) is 0 Å². The molecule has 4 atom stereocenters. The van der Waals surface area contributed by atoms with Crippen molar-refractivity contribution in [3.8, 4) is 0 Å². The highest BCUT2D eigenvalue weighted by Gasteiger charge is 2.39. The standard InChI is InChI=1S/C25H36O6/c1-30-17-19-9-7-8-18(14-19)15-20(26)12-13-22-21(23(27)16-24(22)28)10-5-3-4-6-11-25(29)31-2/h7-9,12-14,20-22,24,26,28H,3-6,10-11,15-17H2,1-2H3/b13-12+/t20-,21+,22+,24+/m0/s1. The molecule has 1 fully saturated rings. The second-order valence-electron chi connectivity index (χ2n) is 8.36. The van der Waals surface area contributed by atoms with Crippen LogP contribution >= 0.6 is 0 Å². The maximum absolute atomic E-state index is 12.3. The number of Topliss-reactive ketones (excluding diaryl/α,β-unsaturated/α-hetero) is 1. The molecule has 2 N–H and O–H groups in total. The Balaban J connectivity index is 1.83. The van der Waals surface area contributed by atoms with Gasteiger partial charge in [0, 0.05) is 38.2 Å². The van der Waals surface area contributed by atoms with E-state index in [1.807, 2.05) is 30.3 Å². The Labute approximate surface area is 185 Å². The van der Waals surface area contributed by atoms with Gasteiger partial charge in [0.25, 0.3) is 0 Å². The largest absolute Gasteiger partial charge is 0.469 e. The van der Waals surface area contributed by atoms with Crippen molar-refractivity contribution in [2.45, 2.75) is 70.2 Å². The van der Waals surface area contributed by atoms with Crippen molar-refractivity contribution in [2.75, 3.05) is 14.2 Å². The predicted octanol–water partition coefficient (Wildman–Crippen LogP) is 3.37. The van der Waals surface area contributed by atoms with Crippen molar-refractivity contribution in [1.82, 2.24) is 0 Å². The van der Waals surface area contributed by atoms with Crippen LogP contribution in [0.4, 0.5) is 0 Å². The van der Waals surface area contributed by atoms with Crippen LogP contribution in [0.15, 0.2) is 36.4 Å². The third-order valence-electron chi connectivity index (χ3n) is 5.91. The lowest BCUT2D eigenvalue weighted by molar-refractivity contribution is -0.140. The summed E-state index contributed by atoms with van der Waals surface area (Å²) in [5.74, 6) is -0.553. The number of rotatable bonds is 13. The number of aliphatic hydroxyl groups excluding tert-OH is 2. The first-order chi connectivity index (χ1) is 14.9. The molecule has 0 unspecified atom stereocenters. The Morgan fingerprint density at radius 3 is 2.68 bits per heavy atom. The summed E-state index contributed by atoms with van der Waals surface area (Å²) in [5.41, 5.74) is 2.07. The Morgan fingerprint density at radius 2 is 1.94 bits per heavy atom. The average Bonchev–Trinajstić information content (AvgIpc) is 3.01. The zero-order chi connectivity index (χ0) is 22.6. The van der Waals surface area contributed by atoms with E-state index in [4.69, 9.17) is 4.74 Å². The summed E-state index contributed by atoms with van der Waals surface area (Å²) in [6.07, 6.45) is 7.47. The maximum atomic E-state index is 12.3. The van der Waals surface area contributed by atoms with E-state index in [1.54, 1.807) is 13.2 Å². The summed E-state index contributed by atoms with van der Waals surface area (Å²) < 4.78 is 9.78. The van der Waals surface area contributed by atoms with E-state index >= 15 is 0 Å². The van der Waals surface area contributed by atoms with Gasteiger partial charge in [0.15, 0.2) is 0 Å². The van der Waals surface area contributed by atoms with Gasteiger partial charge in [-0.3, -0.25) is 9.59 Å². The number of benzene rings is 1. The second kappa shape index (κ2) is 13.4. The first-order valence-corrected chi connectivity index (χ1v) is 11.1. The van der Waals surface area contributed by atoms with Crippen molar-refractivity contribution < 1.29 is 29.3 Å². The van der Waals surface area contributed by atoms with E-state index in [2.05, 4.69) is 4.74 Å². The fraction of sp³-hybridized carbons (Fsp3) is 0.600. The van der Waals surface area contributed by atoms with Crippen LogP contribution in [-0.2, 0) is 32.1 Å². The van der Waals surface area contributed by atoms with Crippen LogP contribution in [0.25, 0.3) is 0 Å². The molecule has 0 radical (unpaired) electrons. The van der Waals surface area contributed by atoms with E-state index in [0.717, 1.165) is 43.2 Å². The molecule has 2 rings (SSSR count). The smallest absolute Gasteiger partial charge is 0.305 e. The van der Waals surface area contributed by atoms with Crippen molar-refractivity contribution in [2.24, 2.45) is 11.8 Å². The van der Waals surface area contributed by atoms with Gasteiger partial charge in [-0.25, -0.2) is 0 Å². The minimum Gasteiger partial charge on any atom is -0.469 e. The van der Waals surface area contributed by atoms with Gasteiger partial charge < -0.3 is 19.7 Å². The van der Waals surface area contributed by atoms with Gasteiger partial charge >= 0.3 is 5.97 Å². The number of hydrogen-bond acceptors (Lipinski definition) is 6.